The Morgan fingerprint density at radius 3 is 2.94 bits per heavy atom. The van der Waals surface area contributed by atoms with E-state index in [0.717, 1.165) is 8.66 Å². The molecule has 0 radical (unpaired) electrons. The zero-order chi connectivity index (χ0) is 12.3. The Morgan fingerprint density at radius 2 is 2.29 bits per heavy atom. The molecule has 1 N–H and O–H groups in total. The van der Waals surface area contributed by atoms with Crippen molar-refractivity contribution >= 4 is 44.5 Å². The summed E-state index contributed by atoms with van der Waals surface area (Å²) in [4.78, 5) is 13.6. The van der Waals surface area contributed by atoms with E-state index < -0.39 is 0 Å². The van der Waals surface area contributed by atoms with Crippen molar-refractivity contribution < 1.29 is 9.53 Å². The average molecular weight is 332 g/mol. The van der Waals surface area contributed by atoms with Gasteiger partial charge in [0.1, 0.15) is 10.6 Å². The van der Waals surface area contributed by atoms with Crippen LogP contribution in [0.25, 0.3) is 0 Å². The topological polar surface area (TPSA) is 38.3 Å². The fourth-order valence-electron chi connectivity index (χ4n) is 1.32. The van der Waals surface area contributed by atoms with Gasteiger partial charge in [-0.15, -0.1) is 22.7 Å². The van der Waals surface area contributed by atoms with Gasteiger partial charge in [0.05, 0.1) is 17.4 Å². The third-order valence-electron chi connectivity index (χ3n) is 2.11. The molecule has 0 saturated carbocycles. The van der Waals surface area contributed by atoms with E-state index in [1.54, 1.807) is 24.5 Å². The van der Waals surface area contributed by atoms with Gasteiger partial charge in [0, 0.05) is 4.88 Å². The summed E-state index contributed by atoms with van der Waals surface area (Å²) in [5.41, 5.74) is 0. The van der Waals surface area contributed by atoms with Crippen molar-refractivity contribution in [2.24, 2.45) is 0 Å². The molecule has 0 unspecified atom stereocenters. The Morgan fingerprint density at radius 1 is 1.47 bits per heavy atom. The molecule has 0 aliphatic rings. The number of ether oxygens (including phenoxy) is 1. The number of thiophene rings is 2. The van der Waals surface area contributed by atoms with Gasteiger partial charge in [0.25, 0.3) is 5.91 Å². The molecule has 0 aromatic carbocycles. The number of hydrogen-bond donors (Lipinski definition) is 1. The van der Waals surface area contributed by atoms with Gasteiger partial charge < -0.3 is 10.1 Å². The quantitative estimate of drug-likeness (QED) is 0.930. The van der Waals surface area contributed by atoms with Crippen LogP contribution in [0.15, 0.2) is 27.4 Å². The molecule has 0 bridgehead atoms. The molecule has 90 valence electrons. The van der Waals surface area contributed by atoms with Gasteiger partial charge in [-0.3, -0.25) is 4.79 Å². The van der Waals surface area contributed by atoms with E-state index in [0.29, 0.717) is 17.2 Å². The number of amides is 1. The molecule has 2 aromatic heterocycles. The van der Waals surface area contributed by atoms with Crippen molar-refractivity contribution in [1.82, 2.24) is 5.32 Å². The summed E-state index contributed by atoms with van der Waals surface area (Å²) in [5.74, 6) is 0.529. The lowest BCUT2D eigenvalue weighted by Gasteiger charge is -2.03. The van der Waals surface area contributed by atoms with Crippen molar-refractivity contribution in [2.45, 2.75) is 6.54 Å². The Labute approximate surface area is 116 Å². The molecule has 3 nitrogen and oxygen atoms in total. The fraction of sp³-hybridized carbons (Fsp3) is 0.182. The predicted molar refractivity (Wildman–Crippen MR) is 74.1 cm³/mol. The molecule has 2 rings (SSSR count). The fourth-order valence-corrected chi connectivity index (χ4v) is 3.52. The first kappa shape index (κ1) is 12.6. The molecule has 0 aliphatic carbocycles. The van der Waals surface area contributed by atoms with Crippen LogP contribution in [0.3, 0.4) is 0 Å². The molecule has 2 aromatic rings. The molecular formula is C11H10BrNO2S2. The van der Waals surface area contributed by atoms with Gasteiger partial charge in [-0.25, -0.2) is 0 Å². The van der Waals surface area contributed by atoms with E-state index in [1.165, 1.54) is 11.3 Å². The van der Waals surface area contributed by atoms with E-state index in [9.17, 15) is 4.79 Å². The summed E-state index contributed by atoms with van der Waals surface area (Å²) in [6.45, 7) is 0.538. The van der Waals surface area contributed by atoms with Gasteiger partial charge in [-0.2, -0.15) is 0 Å². The molecule has 0 aliphatic heterocycles. The lowest BCUT2D eigenvalue weighted by Crippen LogP contribution is -2.21. The van der Waals surface area contributed by atoms with Crippen LogP contribution >= 0.6 is 38.6 Å². The second-order valence-electron chi connectivity index (χ2n) is 3.21. The highest BCUT2D eigenvalue weighted by molar-refractivity contribution is 9.11. The Hall–Kier alpha value is -0.850. The van der Waals surface area contributed by atoms with Crippen molar-refractivity contribution in [2.75, 3.05) is 7.11 Å². The largest absolute Gasteiger partial charge is 0.495 e. The lowest BCUT2D eigenvalue weighted by atomic mass is 10.4. The first-order valence-electron chi connectivity index (χ1n) is 4.84. The van der Waals surface area contributed by atoms with Gasteiger partial charge in [0.2, 0.25) is 0 Å². The zero-order valence-corrected chi connectivity index (χ0v) is 12.2. The minimum absolute atomic E-state index is 0.0960. The summed E-state index contributed by atoms with van der Waals surface area (Å²) >= 11 is 6.38. The first-order chi connectivity index (χ1) is 8.20. The molecule has 6 heteroatoms. The number of carbonyl (C=O) groups excluding carboxylic acids is 1. The van der Waals surface area contributed by atoms with Gasteiger partial charge in [0.15, 0.2) is 0 Å². The van der Waals surface area contributed by atoms with E-state index in [4.69, 9.17) is 4.74 Å². The highest BCUT2D eigenvalue weighted by Gasteiger charge is 2.13. The Bertz CT molecular complexity index is 521. The maximum atomic E-state index is 11.9. The van der Waals surface area contributed by atoms with Crippen molar-refractivity contribution in [3.8, 4) is 5.75 Å². The van der Waals surface area contributed by atoms with Crippen molar-refractivity contribution in [3.63, 3.8) is 0 Å². The summed E-state index contributed by atoms with van der Waals surface area (Å²) in [7, 11) is 1.56. The highest BCUT2D eigenvalue weighted by atomic mass is 79.9. The van der Waals surface area contributed by atoms with Gasteiger partial charge in [-0.1, -0.05) is 0 Å². The van der Waals surface area contributed by atoms with Crippen LogP contribution in [0.4, 0.5) is 0 Å². The zero-order valence-electron chi connectivity index (χ0n) is 9.03. The van der Waals surface area contributed by atoms with Crippen molar-refractivity contribution in [1.29, 1.82) is 0 Å². The smallest absolute Gasteiger partial charge is 0.265 e. The monoisotopic (exact) mass is 331 g/mol. The van der Waals surface area contributed by atoms with Crippen LogP contribution in [0, 0.1) is 0 Å². The van der Waals surface area contributed by atoms with Crippen LogP contribution < -0.4 is 10.1 Å². The summed E-state index contributed by atoms with van der Waals surface area (Å²) in [6.07, 6.45) is 0. The van der Waals surface area contributed by atoms with Crippen LogP contribution in [-0.2, 0) is 6.54 Å². The van der Waals surface area contributed by atoms with Gasteiger partial charge in [-0.05, 0) is 39.5 Å². The molecule has 2 heterocycles. The third kappa shape index (κ3) is 3.08. The highest BCUT2D eigenvalue weighted by Crippen LogP contribution is 2.25. The number of rotatable bonds is 4. The molecule has 0 spiro atoms. The first-order valence-corrected chi connectivity index (χ1v) is 7.33. The van der Waals surface area contributed by atoms with Crippen LogP contribution in [0.1, 0.15) is 14.5 Å². The summed E-state index contributed by atoms with van der Waals surface area (Å²) < 4.78 is 6.17. The maximum absolute atomic E-state index is 11.9. The summed E-state index contributed by atoms with van der Waals surface area (Å²) in [5, 5.41) is 4.71. The lowest BCUT2D eigenvalue weighted by molar-refractivity contribution is 0.0952. The number of nitrogens with one attached hydrogen (secondary N) is 1. The Balaban J connectivity index is 1.98. The number of carbonyl (C=O) groups is 1. The molecule has 0 saturated heterocycles. The summed E-state index contributed by atoms with van der Waals surface area (Å²) in [6, 6.07) is 5.75. The Kier molecular flexibility index (Phi) is 4.20. The van der Waals surface area contributed by atoms with Crippen LogP contribution in [0.5, 0.6) is 5.75 Å². The third-order valence-corrected chi connectivity index (χ3v) is 4.63. The molecule has 1 amide bonds. The number of hydrogen-bond acceptors (Lipinski definition) is 4. The number of halogens is 1. The van der Waals surface area contributed by atoms with E-state index >= 15 is 0 Å². The average Bonchev–Trinajstić information content (AvgIpc) is 2.94. The second kappa shape index (κ2) is 5.66. The minimum Gasteiger partial charge on any atom is -0.495 e. The number of methoxy groups -OCH3 is 1. The maximum Gasteiger partial charge on any atom is 0.265 e. The predicted octanol–water partition coefficient (Wildman–Crippen LogP) is 3.51. The van der Waals surface area contributed by atoms with E-state index in [1.807, 2.05) is 17.5 Å². The van der Waals surface area contributed by atoms with Gasteiger partial charge >= 0.3 is 0 Å². The van der Waals surface area contributed by atoms with E-state index in [2.05, 4.69) is 21.2 Å². The SMILES string of the molecule is COc1ccsc1C(=O)NCc1ccc(Br)s1. The normalized spacial score (nSPS) is 10.2. The van der Waals surface area contributed by atoms with E-state index in [-0.39, 0.29) is 5.91 Å². The molecular weight excluding hydrogens is 322 g/mol. The van der Waals surface area contributed by atoms with Crippen molar-refractivity contribution in [3.05, 3.63) is 37.1 Å². The standard InChI is InChI=1S/C11H10BrNO2S2/c1-15-8-4-5-16-10(8)11(14)13-6-7-2-3-9(12)17-7/h2-5H,6H2,1H3,(H,13,14). The second-order valence-corrected chi connectivity index (χ2v) is 6.67. The minimum atomic E-state index is -0.0960. The van der Waals surface area contributed by atoms with Crippen LogP contribution in [-0.4, -0.2) is 13.0 Å². The molecule has 0 atom stereocenters. The molecule has 17 heavy (non-hydrogen) atoms. The van der Waals surface area contributed by atoms with Crippen LogP contribution in [0.2, 0.25) is 0 Å². The molecule has 0 fully saturated rings.